The molecule has 0 spiro atoms. The van der Waals surface area contributed by atoms with E-state index in [1.165, 1.54) is 37.8 Å². The summed E-state index contributed by atoms with van der Waals surface area (Å²) in [6.45, 7) is 7.93. The minimum absolute atomic E-state index is 0.405. The second-order valence-corrected chi connectivity index (χ2v) is 5.12. The second-order valence-electron chi connectivity index (χ2n) is 5.12. The van der Waals surface area contributed by atoms with E-state index in [0.717, 1.165) is 25.0 Å². The fraction of sp³-hybridized carbons (Fsp3) is 0.389. The summed E-state index contributed by atoms with van der Waals surface area (Å²) in [5, 5.41) is 0. The molecule has 1 aliphatic rings. The monoisotopic (exact) mass is 300 g/mol. The SMILES string of the molecule is C=C(CCCC=NC=CC(=O)OC)N=C/C=C\C(=C)C1CC1. The number of aliphatic imine (C=N–C) groups is 2. The Morgan fingerprint density at radius 3 is 2.77 bits per heavy atom. The van der Waals surface area contributed by atoms with Crippen molar-refractivity contribution in [3.63, 3.8) is 0 Å². The van der Waals surface area contributed by atoms with Crippen molar-refractivity contribution < 1.29 is 9.53 Å². The van der Waals surface area contributed by atoms with Gasteiger partial charge in [-0.05, 0) is 44.1 Å². The predicted molar refractivity (Wildman–Crippen MR) is 92.1 cm³/mol. The van der Waals surface area contributed by atoms with Crippen LogP contribution in [0.3, 0.4) is 0 Å². The van der Waals surface area contributed by atoms with E-state index >= 15 is 0 Å². The van der Waals surface area contributed by atoms with E-state index in [2.05, 4.69) is 27.9 Å². The molecular weight excluding hydrogens is 276 g/mol. The molecule has 4 nitrogen and oxygen atoms in total. The lowest BCUT2D eigenvalue weighted by Crippen LogP contribution is -1.92. The Morgan fingerprint density at radius 1 is 1.32 bits per heavy atom. The number of allylic oxidation sites excluding steroid dienone is 4. The van der Waals surface area contributed by atoms with E-state index < -0.39 is 5.97 Å². The van der Waals surface area contributed by atoms with E-state index in [4.69, 9.17) is 0 Å². The third-order valence-corrected chi connectivity index (χ3v) is 3.16. The van der Waals surface area contributed by atoms with Gasteiger partial charge in [0.25, 0.3) is 0 Å². The molecule has 1 aliphatic carbocycles. The number of carbonyl (C=O) groups is 1. The fourth-order valence-electron chi connectivity index (χ4n) is 1.67. The molecule has 22 heavy (non-hydrogen) atoms. The van der Waals surface area contributed by atoms with Crippen molar-refractivity contribution in [3.8, 4) is 0 Å². The number of nitrogens with zero attached hydrogens (tertiary/aromatic N) is 2. The van der Waals surface area contributed by atoms with Gasteiger partial charge in [0.15, 0.2) is 0 Å². The van der Waals surface area contributed by atoms with Gasteiger partial charge in [-0.3, -0.25) is 9.98 Å². The Kier molecular flexibility index (Phi) is 8.50. The highest BCUT2D eigenvalue weighted by Gasteiger charge is 2.22. The molecular formula is C18H24N2O2. The van der Waals surface area contributed by atoms with Crippen LogP contribution in [-0.2, 0) is 9.53 Å². The van der Waals surface area contributed by atoms with Crippen LogP contribution in [-0.4, -0.2) is 25.5 Å². The van der Waals surface area contributed by atoms with Crippen LogP contribution >= 0.6 is 0 Å². The lowest BCUT2D eigenvalue weighted by molar-refractivity contribution is -0.134. The maximum atomic E-state index is 10.8. The lowest BCUT2D eigenvalue weighted by atomic mass is 10.2. The van der Waals surface area contributed by atoms with E-state index in [0.29, 0.717) is 5.92 Å². The average Bonchev–Trinajstić information content (AvgIpc) is 3.34. The van der Waals surface area contributed by atoms with Crippen molar-refractivity contribution >= 4 is 18.4 Å². The van der Waals surface area contributed by atoms with Crippen LogP contribution in [0.5, 0.6) is 0 Å². The molecule has 0 aromatic heterocycles. The minimum atomic E-state index is -0.405. The van der Waals surface area contributed by atoms with Gasteiger partial charge in [-0.1, -0.05) is 24.8 Å². The summed E-state index contributed by atoms with van der Waals surface area (Å²) in [6, 6.07) is 0. The molecule has 0 amide bonds. The van der Waals surface area contributed by atoms with E-state index in [9.17, 15) is 4.79 Å². The molecule has 0 radical (unpaired) electrons. The topological polar surface area (TPSA) is 51.0 Å². The summed E-state index contributed by atoms with van der Waals surface area (Å²) < 4.78 is 4.45. The third-order valence-electron chi connectivity index (χ3n) is 3.16. The van der Waals surface area contributed by atoms with Crippen molar-refractivity contribution in [1.29, 1.82) is 0 Å². The van der Waals surface area contributed by atoms with E-state index in [1.807, 2.05) is 12.2 Å². The molecule has 118 valence electrons. The summed E-state index contributed by atoms with van der Waals surface area (Å²) in [6.07, 6.45) is 15.3. The van der Waals surface area contributed by atoms with Crippen molar-refractivity contribution in [1.82, 2.24) is 0 Å². The largest absolute Gasteiger partial charge is 0.466 e. The number of carbonyl (C=O) groups excluding carboxylic acids is 1. The molecule has 1 fully saturated rings. The Labute approximate surface area is 132 Å². The number of unbranched alkanes of at least 4 members (excludes halogenated alkanes) is 1. The zero-order valence-corrected chi connectivity index (χ0v) is 13.2. The number of esters is 1. The average molecular weight is 300 g/mol. The lowest BCUT2D eigenvalue weighted by Gasteiger charge is -1.96. The van der Waals surface area contributed by atoms with Gasteiger partial charge in [-0.15, -0.1) is 0 Å². The maximum absolute atomic E-state index is 10.8. The third kappa shape index (κ3) is 8.84. The highest BCUT2D eigenvalue weighted by molar-refractivity contribution is 5.81. The zero-order chi connectivity index (χ0) is 16.2. The Balaban J connectivity index is 2.09. The van der Waals surface area contributed by atoms with Crippen LogP contribution in [0.15, 0.2) is 58.8 Å². The predicted octanol–water partition coefficient (Wildman–Crippen LogP) is 4.02. The minimum Gasteiger partial charge on any atom is -0.466 e. The van der Waals surface area contributed by atoms with Crippen molar-refractivity contribution in [2.45, 2.75) is 32.1 Å². The van der Waals surface area contributed by atoms with Crippen LogP contribution in [0.4, 0.5) is 0 Å². The molecule has 0 saturated heterocycles. The first kappa shape index (κ1) is 17.8. The van der Waals surface area contributed by atoms with Gasteiger partial charge in [-0.2, -0.15) is 0 Å². The standard InChI is InChI=1S/C18H24N2O2/c1-15(17-9-10-17)7-6-13-20-16(2)8-4-5-12-19-14-11-18(21)22-3/h6-7,11-14,17H,1-2,4-5,8-10H2,3H3/b7-6-,14-11?,19-12?,20-13?. The molecule has 0 aliphatic heterocycles. The van der Waals surface area contributed by atoms with Gasteiger partial charge >= 0.3 is 5.97 Å². The first-order chi connectivity index (χ1) is 10.6. The van der Waals surface area contributed by atoms with Gasteiger partial charge in [0, 0.05) is 30.4 Å². The van der Waals surface area contributed by atoms with Crippen molar-refractivity contribution in [3.05, 3.63) is 48.9 Å². The highest BCUT2D eigenvalue weighted by atomic mass is 16.5. The molecule has 0 bridgehead atoms. The van der Waals surface area contributed by atoms with Gasteiger partial charge < -0.3 is 4.74 Å². The molecule has 0 atom stereocenters. The number of ether oxygens (including phenoxy) is 1. The smallest absolute Gasteiger partial charge is 0.332 e. The fourth-order valence-corrected chi connectivity index (χ4v) is 1.67. The summed E-state index contributed by atoms with van der Waals surface area (Å²) in [7, 11) is 1.33. The number of hydrogen-bond acceptors (Lipinski definition) is 4. The summed E-state index contributed by atoms with van der Waals surface area (Å²) in [5.74, 6) is 0.289. The number of hydrogen-bond donors (Lipinski definition) is 0. The molecule has 0 heterocycles. The van der Waals surface area contributed by atoms with Gasteiger partial charge in [-0.25, -0.2) is 4.79 Å². The second kappa shape index (κ2) is 10.5. The van der Waals surface area contributed by atoms with E-state index in [1.54, 1.807) is 12.4 Å². The Hall–Kier alpha value is -2.23. The quantitative estimate of drug-likeness (QED) is 0.201. The summed E-state index contributed by atoms with van der Waals surface area (Å²) in [4.78, 5) is 19.0. The summed E-state index contributed by atoms with van der Waals surface area (Å²) >= 11 is 0. The molecule has 4 heteroatoms. The maximum Gasteiger partial charge on any atom is 0.332 e. The zero-order valence-electron chi connectivity index (χ0n) is 13.2. The Bertz CT molecular complexity index is 509. The number of methoxy groups -OCH3 is 1. The molecule has 0 unspecified atom stereocenters. The first-order valence-electron chi connectivity index (χ1n) is 7.47. The molecule has 1 rings (SSSR count). The molecule has 1 saturated carbocycles. The van der Waals surface area contributed by atoms with Crippen LogP contribution in [0.2, 0.25) is 0 Å². The Morgan fingerprint density at radius 2 is 2.09 bits per heavy atom. The molecule has 0 N–H and O–H groups in total. The van der Waals surface area contributed by atoms with Gasteiger partial charge in [0.05, 0.1) is 7.11 Å². The molecule has 0 aromatic rings. The first-order valence-corrected chi connectivity index (χ1v) is 7.47. The van der Waals surface area contributed by atoms with Crippen LogP contribution in [0, 0.1) is 5.92 Å². The summed E-state index contributed by atoms with van der Waals surface area (Å²) in [5.41, 5.74) is 2.04. The van der Waals surface area contributed by atoms with Crippen LogP contribution < -0.4 is 0 Å². The highest BCUT2D eigenvalue weighted by Crippen LogP contribution is 2.35. The van der Waals surface area contributed by atoms with Crippen LogP contribution in [0.25, 0.3) is 0 Å². The van der Waals surface area contributed by atoms with E-state index in [-0.39, 0.29) is 0 Å². The van der Waals surface area contributed by atoms with Crippen LogP contribution in [0.1, 0.15) is 32.1 Å². The number of rotatable bonds is 10. The van der Waals surface area contributed by atoms with Crippen molar-refractivity contribution in [2.75, 3.05) is 7.11 Å². The van der Waals surface area contributed by atoms with Gasteiger partial charge in [0.2, 0.25) is 0 Å². The molecule has 0 aromatic carbocycles. The van der Waals surface area contributed by atoms with Gasteiger partial charge in [0.1, 0.15) is 0 Å². The normalized spacial score (nSPS) is 15.3. The van der Waals surface area contributed by atoms with Crippen molar-refractivity contribution in [2.24, 2.45) is 15.9 Å².